The van der Waals surface area contributed by atoms with E-state index < -0.39 is 5.60 Å². The second kappa shape index (κ2) is 7.64. The van der Waals surface area contributed by atoms with E-state index in [9.17, 15) is 9.59 Å². The van der Waals surface area contributed by atoms with E-state index in [1.165, 1.54) is 0 Å². The molecule has 2 amide bonds. The molecule has 1 aliphatic rings. The van der Waals surface area contributed by atoms with Crippen molar-refractivity contribution in [2.24, 2.45) is 0 Å². The zero-order chi connectivity index (χ0) is 16.9. The number of thiophene rings is 1. The van der Waals surface area contributed by atoms with Gasteiger partial charge in [-0.2, -0.15) is 11.3 Å². The lowest BCUT2D eigenvalue weighted by molar-refractivity contribution is -0.117. The number of likely N-dealkylation sites (tertiary alicyclic amines) is 1. The number of rotatable bonds is 3. The van der Waals surface area contributed by atoms with E-state index >= 15 is 0 Å². The standard InChI is InChI=1S/C17H24N2O3S/c1-17(2,3)22-16(21)19-9-6-14(7-10-19)18-15(20)5-4-13-8-11-23-12-13/h4-5,8,11-12,14H,6-7,9-10H2,1-3H3,(H,18,20)/b5-4+. The molecule has 1 aromatic heterocycles. The van der Waals surface area contributed by atoms with Crippen LogP contribution in [0.15, 0.2) is 22.9 Å². The molecule has 0 aliphatic carbocycles. The van der Waals surface area contributed by atoms with Crippen LogP contribution in [0.1, 0.15) is 39.2 Å². The first-order valence-corrected chi connectivity index (χ1v) is 8.76. The van der Waals surface area contributed by atoms with E-state index in [0.29, 0.717) is 13.1 Å². The molecule has 6 heteroatoms. The molecule has 1 aromatic rings. The quantitative estimate of drug-likeness (QED) is 0.862. The van der Waals surface area contributed by atoms with Crippen molar-refractivity contribution in [1.29, 1.82) is 0 Å². The monoisotopic (exact) mass is 336 g/mol. The topological polar surface area (TPSA) is 58.6 Å². The molecule has 1 fully saturated rings. The minimum Gasteiger partial charge on any atom is -0.444 e. The summed E-state index contributed by atoms with van der Waals surface area (Å²) in [5, 5.41) is 6.95. The SMILES string of the molecule is CC(C)(C)OC(=O)N1CCC(NC(=O)/C=C/c2ccsc2)CC1. The fourth-order valence-corrected chi connectivity index (χ4v) is 2.95. The highest BCUT2D eigenvalue weighted by atomic mass is 32.1. The van der Waals surface area contributed by atoms with Crippen LogP contribution in [0.4, 0.5) is 4.79 Å². The predicted octanol–water partition coefficient (Wildman–Crippen LogP) is 3.28. The minimum atomic E-state index is -0.478. The van der Waals surface area contributed by atoms with Crippen molar-refractivity contribution in [3.8, 4) is 0 Å². The van der Waals surface area contributed by atoms with Crippen LogP contribution in [0.3, 0.4) is 0 Å². The fraction of sp³-hybridized carbons (Fsp3) is 0.529. The normalized spacial score (nSPS) is 16.6. The van der Waals surface area contributed by atoms with Gasteiger partial charge in [-0.15, -0.1) is 0 Å². The van der Waals surface area contributed by atoms with Gasteiger partial charge in [0.15, 0.2) is 0 Å². The van der Waals surface area contributed by atoms with Crippen molar-refractivity contribution in [3.05, 3.63) is 28.5 Å². The predicted molar refractivity (Wildman–Crippen MR) is 92.3 cm³/mol. The maximum atomic E-state index is 12.0. The van der Waals surface area contributed by atoms with Crippen molar-refractivity contribution in [2.75, 3.05) is 13.1 Å². The summed E-state index contributed by atoms with van der Waals surface area (Å²) in [6.07, 6.45) is 4.58. The summed E-state index contributed by atoms with van der Waals surface area (Å²) >= 11 is 1.60. The molecule has 5 nitrogen and oxygen atoms in total. The summed E-state index contributed by atoms with van der Waals surface area (Å²) in [6, 6.07) is 2.07. The number of piperidine rings is 1. The zero-order valence-electron chi connectivity index (χ0n) is 13.9. The van der Waals surface area contributed by atoms with Crippen LogP contribution in [-0.4, -0.2) is 41.6 Å². The molecule has 23 heavy (non-hydrogen) atoms. The summed E-state index contributed by atoms with van der Waals surface area (Å²) in [6.45, 7) is 6.79. The molecule has 0 radical (unpaired) electrons. The Morgan fingerprint density at radius 1 is 1.35 bits per heavy atom. The molecule has 1 aliphatic heterocycles. The molecule has 2 rings (SSSR count). The van der Waals surface area contributed by atoms with Crippen LogP contribution in [0.25, 0.3) is 6.08 Å². The molecular formula is C17H24N2O3S. The average Bonchev–Trinajstić information content (AvgIpc) is 2.97. The molecule has 0 unspecified atom stereocenters. The second-order valence-corrected chi connectivity index (χ2v) is 7.42. The molecule has 1 N–H and O–H groups in total. The highest BCUT2D eigenvalue weighted by Crippen LogP contribution is 2.15. The fourth-order valence-electron chi connectivity index (χ4n) is 2.32. The van der Waals surface area contributed by atoms with Gasteiger partial charge in [0.2, 0.25) is 5.91 Å². The van der Waals surface area contributed by atoms with Crippen LogP contribution in [0.2, 0.25) is 0 Å². The number of nitrogens with one attached hydrogen (secondary N) is 1. The van der Waals surface area contributed by atoms with Gasteiger partial charge in [0.05, 0.1) is 0 Å². The molecular weight excluding hydrogens is 312 g/mol. The summed E-state index contributed by atoms with van der Waals surface area (Å²) < 4.78 is 5.36. The third-order valence-electron chi connectivity index (χ3n) is 3.46. The number of nitrogens with zero attached hydrogens (tertiary/aromatic N) is 1. The third-order valence-corrected chi connectivity index (χ3v) is 4.16. The smallest absolute Gasteiger partial charge is 0.410 e. The molecule has 126 valence electrons. The number of hydrogen-bond acceptors (Lipinski definition) is 4. The Morgan fingerprint density at radius 3 is 2.61 bits per heavy atom. The van der Waals surface area contributed by atoms with Gasteiger partial charge in [0, 0.05) is 25.2 Å². The number of hydrogen-bond donors (Lipinski definition) is 1. The Labute approximate surface area is 141 Å². The second-order valence-electron chi connectivity index (χ2n) is 6.64. The maximum Gasteiger partial charge on any atom is 0.410 e. The molecule has 0 bridgehead atoms. The Hall–Kier alpha value is -1.82. The highest BCUT2D eigenvalue weighted by Gasteiger charge is 2.27. The Bertz CT molecular complexity index is 553. The number of carbonyl (C=O) groups excluding carboxylic acids is 2. The first-order chi connectivity index (χ1) is 10.8. The molecule has 0 atom stereocenters. The van der Waals surface area contributed by atoms with E-state index in [1.807, 2.05) is 43.7 Å². The highest BCUT2D eigenvalue weighted by molar-refractivity contribution is 7.08. The number of amides is 2. The van der Waals surface area contributed by atoms with E-state index in [2.05, 4.69) is 5.32 Å². The van der Waals surface area contributed by atoms with Gasteiger partial charge in [0.25, 0.3) is 0 Å². The lowest BCUT2D eigenvalue weighted by Gasteiger charge is -2.33. The van der Waals surface area contributed by atoms with E-state index in [0.717, 1.165) is 18.4 Å². The van der Waals surface area contributed by atoms with Crippen LogP contribution in [-0.2, 0) is 9.53 Å². The molecule has 0 aromatic carbocycles. The Balaban J connectivity index is 1.74. The Morgan fingerprint density at radius 2 is 2.04 bits per heavy atom. The van der Waals surface area contributed by atoms with Gasteiger partial charge in [-0.1, -0.05) is 0 Å². The molecule has 0 spiro atoms. The number of carbonyl (C=O) groups is 2. The molecule has 2 heterocycles. The first kappa shape index (κ1) is 17.5. The zero-order valence-corrected chi connectivity index (χ0v) is 14.7. The minimum absolute atomic E-state index is 0.0908. The van der Waals surface area contributed by atoms with Crippen molar-refractivity contribution >= 4 is 29.4 Å². The van der Waals surface area contributed by atoms with E-state index in [-0.39, 0.29) is 18.0 Å². The summed E-state index contributed by atoms with van der Waals surface area (Å²) in [4.78, 5) is 25.6. The van der Waals surface area contributed by atoms with E-state index in [1.54, 1.807) is 22.3 Å². The van der Waals surface area contributed by atoms with Crippen molar-refractivity contribution < 1.29 is 14.3 Å². The molecule has 0 saturated carbocycles. The molecule has 1 saturated heterocycles. The summed E-state index contributed by atoms with van der Waals surface area (Å²) in [5.41, 5.74) is 0.555. The summed E-state index contributed by atoms with van der Waals surface area (Å²) in [7, 11) is 0. The van der Waals surface area contributed by atoms with Gasteiger partial charge in [-0.05, 0) is 62.1 Å². The van der Waals surface area contributed by atoms with Gasteiger partial charge in [0.1, 0.15) is 5.60 Å². The average molecular weight is 336 g/mol. The van der Waals surface area contributed by atoms with Crippen molar-refractivity contribution in [1.82, 2.24) is 10.2 Å². The van der Waals surface area contributed by atoms with Gasteiger partial charge in [-0.3, -0.25) is 4.79 Å². The third kappa shape index (κ3) is 6.06. The maximum absolute atomic E-state index is 12.0. The lowest BCUT2D eigenvalue weighted by atomic mass is 10.1. The summed E-state index contributed by atoms with van der Waals surface area (Å²) in [5.74, 6) is -0.0908. The van der Waals surface area contributed by atoms with Gasteiger partial charge < -0.3 is 15.0 Å². The Kier molecular flexibility index (Phi) is 5.82. The van der Waals surface area contributed by atoms with Crippen molar-refractivity contribution in [3.63, 3.8) is 0 Å². The van der Waals surface area contributed by atoms with Gasteiger partial charge in [-0.25, -0.2) is 4.79 Å². The van der Waals surface area contributed by atoms with Gasteiger partial charge >= 0.3 is 6.09 Å². The largest absolute Gasteiger partial charge is 0.444 e. The van der Waals surface area contributed by atoms with Crippen LogP contribution < -0.4 is 5.32 Å². The lowest BCUT2D eigenvalue weighted by Crippen LogP contribution is -2.47. The van der Waals surface area contributed by atoms with Crippen molar-refractivity contribution in [2.45, 2.75) is 45.3 Å². The van der Waals surface area contributed by atoms with Crippen LogP contribution in [0, 0.1) is 0 Å². The van der Waals surface area contributed by atoms with Crippen LogP contribution in [0.5, 0.6) is 0 Å². The van der Waals surface area contributed by atoms with E-state index in [4.69, 9.17) is 4.74 Å². The number of ether oxygens (including phenoxy) is 1. The van der Waals surface area contributed by atoms with Crippen LogP contribution >= 0.6 is 11.3 Å². The first-order valence-electron chi connectivity index (χ1n) is 7.82.